The van der Waals surface area contributed by atoms with Crippen molar-refractivity contribution in [2.75, 3.05) is 7.11 Å². The van der Waals surface area contributed by atoms with Crippen molar-refractivity contribution in [3.05, 3.63) is 66.7 Å². The molecule has 0 saturated heterocycles. The normalized spacial score (nSPS) is 8.36. The summed E-state index contributed by atoms with van der Waals surface area (Å²) in [5, 5.41) is 0. The van der Waals surface area contributed by atoms with E-state index in [1.165, 1.54) is 0 Å². The molecule has 0 radical (unpaired) electrons. The molecule has 1 nitrogen and oxygen atoms in total. The fourth-order valence-corrected chi connectivity index (χ4v) is 0.941. The van der Waals surface area contributed by atoms with Gasteiger partial charge in [-0.1, -0.05) is 54.6 Å². The summed E-state index contributed by atoms with van der Waals surface area (Å²) in [5.41, 5.74) is 0. The molecule has 0 aliphatic heterocycles. The summed E-state index contributed by atoms with van der Waals surface area (Å²) in [7, 11) is 1.66. The van der Waals surface area contributed by atoms with Crippen LogP contribution in [0.25, 0.3) is 0 Å². The maximum Gasteiger partial charge on any atom is 0.118 e. The van der Waals surface area contributed by atoms with E-state index >= 15 is 0 Å². The first kappa shape index (κ1) is 10.3. The summed E-state index contributed by atoms with van der Waals surface area (Å²) in [5.74, 6) is 0.910. The summed E-state index contributed by atoms with van der Waals surface area (Å²) >= 11 is 0. The molecule has 2 aromatic carbocycles. The lowest BCUT2D eigenvalue weighted by Gasteiger charge is -1.93. The summed E-state index contributed by atoms with van der Waals surface area (Å²) in [4.78, 5) is 0. The molecular formula is C13H14O. The van der Waals surface area contributed by atoms with Crippen molar-refractivity contribution < 1.29 is 4.74 Å². The average Bonchev–Trinajstić information content (AvgIpc) is 2.33. The Balaban J connectivity index is 0.000000146. The van der Waals surface area contributed by atoms with E-state index in [4.69, 9.17) is 4.74 Å². The van der Waals surface area contributed by atoms with Crippen molar-refractivity contribution in [1.29, 1.82) is 0 Å². The maximum atomic E-state index is 4.91. The molecule has 0 fully saturated rings. The minimum absolute atomic E-state index is 0.910. The van der Waals surface area contributed by atoms with Crippen LogP contribution in [0, 0.1) is 0 Å². The fourth-order valence-electron chi connectivity index (χ4n) is 0.941. The van der Waals surface area contributed by atoms with Gasteiger partial charge < -0.3 is 4.74 Å². The Morgan fingerprint density at radius 1 is 0.643 bits per heavy atom. The molecule has 0 spiro atoms. The predicted molar refractivity (Wildman–Crippen MR) is 59.4 cm³/mol. The minimum atomic E-state index is 0.910. The highest BCUT2D eigenvalue weighted by molar-refractivity contribution is 5.20. The Kier molecular flexibility index (Phi) is 4.96. The molecule has 0 aromatic heterocycles. The third kappa shape index (κ3) is 4.31. The molecule has 2 aromatic rings. The third-order valence-electron chi connectivity index (χ3n) is 1.65. The van der Waals surface area contributed by atoms with Gasteiger partial charge >= 0.3 is 0 Å². The number of para-hydroxylation sites is 1. The first-order valence-corrected chi connectivity index (χ1v) is 4.52. The van der Waals surface area contributed by atoms with Gasteiger partial charge in [0.25, 0.3) is 0 Å². The largest absolute Gasteiger partial charge is 0.497 e. The van der Waals surface area contributed by atoms with Crippen molar-refractivity contribution in [3.63, 3.8) is 0 Å². The summed E-state index contributed by atoms with van der Waals surface area (Å²) in [6, 6.07) is 21.7. The zero-order valence-corrected chi connectivity index (χ0v) is 8.26. The van der Waals surface area contributed by atoms with Crippen molar-refractivity contribution in [2.24, 2.45) is 0 Å². The number of benzene rings is 2. The van der Waals surface area contributed by atoms with Gasteiger partial charge in [-0.25, -0.2) is 0 Å². The van der Waals surface area contributed by atoms with Crippen LogP contribution in [0.5, 0.6) is 5.75 Å². The molecule has 0 atom stereocenters. The number of ether oxygens (including phenoxy) is 1. The molecular weight excluding hydrogens is 172 g/mol. The molecule has 14 heavy (non-hydrogen) atoms. The van der Waals surface area contributed by atoms with Gasteiger partial charge in [-0.3, -0.25) is 0 Å². The highest BCUT2D eigenvalue weighted by atomic mass is 16.5. The average molecular weight is 186 g/mol. The second kappa shape index (κ2) is 6.72. The summed E-state index contributed by atoms with van der Waals surface area (Å²) < 4.78 is 4.91. The van der Waals surface area contributed by atoms with Crippen molar-refractivity contribution in [3.8, 4) is 5.75 Å². The third-order valence-corrected chi connectivity index (χ3v) is 1.65. The van der Waals surface area contributed by atoms with E-state index in [1.807, 2.05) is 66.7 Å². The molecule has 0 aliphatic rings. The Hall–Kier alpha value is -1.76. The van der Waals surface area contributed by atoms with Gasteiger partial charge in [0.1, 0.15) is 5.75 Å². The first-order chi connectivity index (χ1) is 6.93. The van der Waals surface area contributed by atoms with Crippen LogP contribution in [-0.2, 0) is 0 Å². The van der Waals surface area contributed by atoms with E-state index in [0.717, 1.165) is 5.75 Å². The van der Waals surface area contributed by atoms with Gasteiger partial charge in [0.2, 0.25) is 0 Å². The Morgan fingerprint density at radius 2 is 1.00 bits per heavy atom. The van der Waals surface area contributed by atoms with E-state index in [0.29, 0.717) is 0 Å². The maximum absolute atomic E-state index is 4.91. The molecule has 1 heteroatoms. The molecule has 0 aliphatic carbocycles. The van der Waals surface area contributed by atoms with Gasteiger partial charge in [0, 0.05) is 0 Å². The van der Waals surface area contributed by atoms with Crippen LogP contribution >= 0.6 is 0 Å². The van der Waals surface area contributed by atoms with Crippen molar-refractivity contribution in [2.45, 2.75) is 0 Å². The standard InChI is InChI=1S/C7H8O.C6H6/c1-8-7-5-3-2-4-6-7;1-2-4-6-5-3-1/h2-6H,1H3;1-6H. The zero-order valence-electron chi connectivity index (χ0n) is 8.26. The lowest BCUT2D eigenvalue weighted by molar-refractivity contribution is 0.415. The topological polar surface area (TPSA) is 9.23 Å². The van der Waals surface area contributed by atoms with Crippen LogP contribution in [-0.4, -0.2) is 7.11 Å². The highest BCUT2D eigenvalue weighted by Crippen LogP contribution is 2.05. The fraction of sp³-hybridized carbons (Fsp3) is 0.0769. The first-order valence-electron chi connectivity index (χ1n) is 4.52. The van der Waals surface area contributed by atoms with Gasteiger partial charge in [-0.15, -0.1) is 0 Å². The van der Waals surface area contributed by atoms with E-state index in [2.05, 4.69) is 0 Å². The molecule has 0 amide bonds. The SMILES string of the molecule is COc1ccccc1.c1ccccc1. The molecule has 0 N–H and O–H groups in total. The summed E-state index contributed by atoms with van der Waals surface area (Å²) in [6.45, 7) is 0. The van der Waals surface area contributed by atoms with E-state index in [1.54, 1.807) is 7.11 Å². The van der Waals surface area contributed by atoms with Crippen molar-refractivity contribution in [1.82, 2.24) is 0 Å². The number of hydrogen-bond donors (Lipinski definition) is 0. The molecule has 0 unspecified atom stereocenters. The van der Waals surface area contributed by atoms with E-state index in [-0.39, 0.29) is 0 Å². The number of methoxy groups -OCH3 is 1. The molecule has 2 rings (SSSR count). The van der Waals surface area contributed by atoms with Crippen LogP contribution in [0.3, 0.4) is 0 Å². The molecule has 0 bridgehead atoms. The van der Waals surface area contributed by atoms with Crippen LogP contribution in [0.4, 0.5) is 0 Å². The second-order valence-corrected chi connectivity index (χ2v) is 2.67. The quantitative estimate of drug-likeness (QED) is 0.663. The Bertz CT molecular complexity index is 289. The predicted octanol–water partition coefficient (Wildman–Crippen LogP) is 3.38. The van der Waals surface area contributed by atoms with Gasteiger partial charge in [0.15, 0.2) is 0 Å². The second-order valence-electron chi connectivity index (χ2n) is 2.67. The highest BCUT2D eigenvalue weighted by Gasteiger charge is 1.80. The minimum Gasteiger partial charge on any atom is -0.497 e. The van der Waals surface area contributed by atoms with Crippen LogP contribution in [0.1, 0.15) is 0 Å². The smallest absolute Gasteiger partial charge is 0.118 e. The van der Waals surface area contributed by atoms with Crippen LogP contribution in [0.15, 0.2) is 66.7 Å². The number of rotatable bonds is 1. The lowest BCUT2D eigenvalue weighted by Crippen LogP contribution is -1.78. The number of hydrogen-bond acceptors (Lipinski definition) is 1. The van der Waals surface area contributed by atoms with Gasteiger partial charge in [0.05, 0.1) is 7.11 Å². The summed E-state index contributed by atoms with van der Waals surface area (Å²) in [6.07, 6.45) is 0. The van der Waals surface area contributed by atoms with E-state index in [9.17, 15) is 0 Å². The van der Waals surface area contributed by atoms with Gasteiger partial charge in [-0.2, -0.15) is 0 Å². The van der Waals surface area contributed by atoms with Crippen molar-refractivity contribution >= 4 is 0 Å². The van der Waals surface area contributed by atoms with Crippen LogP contribution in [0.2, 0.25) is 0 Å². The lowest BCUT2D eigenvalue weighted by atomic mass is 10.3. The molecule has 0 saturated carbocycles. The Morgan fingerprint density at radius 3 is 1.29 bits per heavy atom. The monoisotopic (exact) mass is 186 g/mol. The van der Waals surface area contributed by atoms with Crippen LogP contribution < -0.4 is 4.74 Å². The van der Waals surface area contributed by atoms with E-state index < -0.39 is 0 Å². The molecule has 0 heterocycles. The Labute approximate surface area is 85.0 Å². The zero-order chi connectivity index (χ0) is 10.1. The molecule has 72 valence electrons. The van der Waals surface area contributed by atoms with Gasteiger partial charge in [-0.05, 0) is 12.1 Å².